The van der Waals surface area contributed by atoms with Gasteiger partial charge in [0, 0.05) is 31.3 Å². The molecule has 0 aromatic heterocycles. The number of ether oxygens (including phenoxy) is 3. The average molecular weight is 648 g/mol. The van der Waals surface area contributed by atoms with Crippen molar-refractivity contribution in [2.24, 2.45) is 11.5 Å². The Morgan fingerprint density at radius 1 is 0.651 bits per heavy atom. The molecule has 3 unspecified atom stereocenters. The molecule has 8 nitrogen and oxygen atoms in total. The lowest BCUT2D eigenvalue weighted by atomic mass is 10.1. The molecule has 0 radical (unpaired) electrons. The molecule has 0 heterocycles. The van der Waals surface area contributed by atoms with Crippen LogP contribution < -0.4 is 11.5 Å². The van der Waals surface area contributed by atoms with Crippen LogP contribution in [0.4, 0.5) is 0 Å². The molecule has 0 aromatic rings. The van der Waals surface area contributed by atoms with Gasteiger partial charge in [0.05, 0.1) is 0 Å². The Balaban J connectivity index is -0.00000800. The minimum absolute atomic E-state index is 0. The summed E-state index contributed by atoms with van der Waals surface area (Å²) in [5.74, 6) is -1.37. The normalized spacial score (nSPS) is 13.1. The number of esters is 3. The lowest BCUT2D eigenvalue weighted by molar-refractivity contribution is -0.167. The number of halogens is 2. The summed E-state index contributed by atoms with van der Waals surface area (Å²) in [7, 11) is 0. The SMILES string of the molecule is C=CC(N)CCC(=O)OCC(COC(=O)CCCCCCC/C=C\C/C=C\C/C=C\CC)OC(=O)CCC(N)C=C.Cl.Cl. The molecule has 0 aliphatic heterocycles. The summed E-state index contributed by atoms with van der Waals surface area (Å²) in [6, 6.07) is -0.633. The zero-order chi connectivity index (χ0) is 30.6. The Labute approximate surface area is 272 Å². The van der Waals surface area contributed by atoms with Crippen LogP contribution >= 0.6 is 24.8 Å². The fraction of sp³-hybridized carbons (Fsp3) is 0.606. The van der Waals surface area contributed by atoms with Crippen molar-refractivity contribution in [3.8, 4) is 0 Å². The third kappa shape index (κ3) is 30.9. The second kappa shape index (κ2) is 32.5. The number of hydrogen-bond donors (Lipinski definition) is 2. The van der Waals surface area contributed by atoms with Crippen LogP contribution in [0.5, 0.6) is 0 Å². The highest BCUT2D eigenvalue weighted by molar-refractivity contribution is 5.85. The van der Waals surface area contributed by atoms with Crippen molar-refractivity contribution in [2.45, 2.75) is 115 Å². The highest BCUT2D eigenvalue weighted by atomic mass is 35.5. The second-order valence-electron chi connectivity index (χ2n) is 9.95. The third-order valence-corrected chi connectivity index (χ3v) is 6.16. The van der Waals surface area contributed by atoms with Crippen molar-refractivity contribution in [3.63, 3.8) is 0 Å². The highest BCUT2D eigenvalue weighted by Crippen LogP contribution is 2.10. The van der Waals surface area contributed by atoms with E-state index in [1.54, 1.807) is 12.2 Å². The van der Waals surface area contributed by atoms with E-state index < -0.39 is 18.0 Å². The maximum atomic E-state index is 12.2. The van der Waals surface area contributed by atoms with Gasteiger partial charge < -0.3 is 25.7 Å². The molecule has 0 fully saturated rings. The molecule has 4 N–H and O–H groups in total. The molecule has 0 amide bonds. The summed E-state index contributed by atoms with van der Waals surface area (Å²) in [5.41, 5.74) is 11.5. The third-order valence-electron chi connectivity index (χ3n) is 6.16. The number of rotatable bonds is 26. The summed E-state index contributed by atoms with van der Waals surface area (Å²) < 4.78 is 15.9. The minimum Gasteiger partial charge on any atom is -0.462 e. The molecule has 3 atom stereocenters. The van der Waals surface area contributed by atoms with Crippen LogP contribution in [0.25, 0.3) is 0 Å². The van der Waals surface area contributed by atoms with Crippen molar-refractivity contribution in [3.05, 3.63) is 61.8 Å². The van der Waals surface area contributed by atoms with E-state index in [1.165, 1.54) is 0 Å². The standard InChI is InChI=1S/C33H54N2O6.2ClH/c1-4-7-8-9-10-11-12-13-14-15-16-17-18-19-20-21-31(36)39-26-30(41-33(38)25-23-29(35)6-3)27-40-32(37)24-22-28(34)5-2;;/h5-8,10-11,13-14,28-30H,2-4,9,12,15-27,34-35H2,1H3;2*1H/b8-7-,11-10-,14-13-;;. The van der Waals surface area contributed by atoms with E-state index in [0.29, 0.717) is 12.8 Å². The quantitative estimate of drug-likeness (QED) is 0.0444. The zero-order valence-electron chi connectivity index (χ0n) is 26.0. The maximum absolute atomic E-state index is 12.2. The van der Waals surface area contributed by atoms with Crippen LogP contribution in [0.3, 0.4) is 0 Å². The fourth-order valence-electron chi connectivity index (χ4n) is 3.57. The van der Waals surface area contributed by atoms with E-state index in [4.69, 9.17) is 25.7 Å². The first-order chi connectivity index (χ1) is 19.8. The Bertz CT molecular complexity index is 832. The van der Waals surface area contributed by atoms with Crippen molar-refractivity contribution >= 4 is 42.7 Å². The molecule has 0 aliphatic rings. The van der Waals surface area contributed by atoms with Crippen LogP contribution in [0, 0.1) is 0 Å². The van der Waals surface area contributed by atoms with E-state index in [0.717, 1.165) is 57.8 Å². The van der Waals surface area contributed by atoms with Crippen molar-refractivity contribution in [1.29, 1.82) is 0 Å². The number of hydrogen-bond acceptors (Lipinski definition) is 8. The molecule has 0 saturated carbocycles. The van der Waals surface area contributed by atoms with Gasteiger partial charge >= 0.3 is 17.9 Å². The minimum atomic E-state index is -0.898. The van der Waals surface area contributed by atoms with Gasteiger partial charge in [0.15, 0.2) is 6.10 Å². The molecule has 43 heavy (non-hydrogen) atoms. The largest absolute Gasteiger partial charge is 0.462 e. The van der Waals surface area contributed by atoms with Crippen molar-refractivity contribution < 1.29 is 28.6 Å². The summed E-state index contributed by atoms with van der Waals surface area (Å²) in [6.07, 6.45) is 25.7. The summed E-state index contributed by atoms with van der Waals surface area (Å²) in [4.78, 5) is 36.5. The van der Waals surface area contributed by atoms with Gasteiger partial charge in [-0.2, -0.15) is 0 Å². The zero-order valence-corrected chi connectivity index (χ0v) is 27.6. The van der Waals surface area contributed by atoms with E-state index in [2.05, 4.69) is 56.5 Å². The average Bonchev–Trinajstić information content (AvgIpc) is 2.97. The van der Waals surface area contributed by atoms with Gasteiger partial charge in [0.1, 0.15) is 13.2 Å². The van der Waals surface area contributed by atoms with Gasteiger partial charge in [-0.1, -0.05) is 74.8 Å². The van der Waals surface area contributed by atoms with E-state index >= 15 is 0 Å². The summed E-state index contributed by atoms with van der Waals surface area (Å²) in [5, 5.41) is 0. The Morgan fingerprint density at radius 3 is 1.67 bits per heavy atom. The number of nitrogens with two attached hydrogens (primary N) is 2. The summed E-state index contributed by atoms with van der Waals surface area (Å²) >= 11 is 0. The van der Waals surface area contributed by atoms with Gasteiger partial charge in [-0.3, -0.25) is 14.4 Å². The smallest absolute Gasteiger partial charge is 0.306 e. The molecule has 0 aliphatic carbocycles. The fourth-order valence-corrected chi connectivity index (χ4v) is 3.57. The Hall–Kier alpha value is -2.39. The van der Waals surface area contributed by atoms with E-state index in [9.17, 15) is 14.4 Å². The predicted molar refractivity (Wildman–Crippen MR) is 180 cm³/mol. The van der Waals surface area contributed by atoms with Crippen LogP contribution in [-0.2, 0) is 28.6 Å². The Kier molecular flexibility index (Phi) is 34.1. The first-order valence-corrected chi connectivity index (χ1v) is 15.0. The molecule has 0 rings (SSSR count). The second-order valence-corrected chi connectivity index (χ2v) is 9.95. The molecule has 10 heteroatoms. The van der Waals surface area contributed by atoms with Gasteiger partial charge in [-0.15, -0.1) is 38.0 Å². The molecular formula is C33H56Cl2N2O6. The molecule has 0 bridgehead atoms. The highest BCUT2D eigenvalue weighted by Gasteiger charge is 2.20. The lowest BCUT2D eigenvalue weighted by Gasteiger charge is -2.18. The number of carbonyl (C=O) groups excluding carboxylic acids is 3. The molecule has 0 aromatic carbocycles. The van der Waals surface area contributed by atoms with Gasteiger partial charge in [0.2, 0.25) is 0 Å². The molecule has 0 saturated heterocycles. The van der Waals surface area contributed by atoms with Crippen LogP contribution in [-0.4, -0.2) is 49.3 Å². The van der Waals surface area contributed by atoms with Gasteiger partial charge in [-0.05, 0) is 51.4 Å². The first-order valence-electron chi connectivity index (χ1n) is 15.0. The summed E-state index contributed by atoms with van der Waals surface area (Å²) in [6.45, 7) is 8.91. The first kappa shape index (κ1) is 45.0. The predicted octanol–water partition coefficient (Wildman–Crippen LogP) is 7.00. The van der Waals surface area contributed by atoms with Crippen LogP contribution in [0.1, 0.15) is 96.8 Å². The number of carbonyl (C=O) groups is 3. The van der Waals surface area contributed by atoms with Crippen LogP contribution in [0.15, 0.2) is 61.8 Å². The molecule has 0 spiro atoms. The van der Waals surface area contributed by atoms with Gasteiger partial charge in [0.25, 0.3) is 0 Å². The van der Waals surface area contributed by atoms with E-state index in [-0.39, 0.29) is 75.3 Å². The topological polar surface area (TPSA) is 131 Å². The van der Waals surface area contributed by atoms with Crippen molar-refractivity contribution in [2.75, 3.05) is 13.2 Å². The monoisotopic (exact) mass is 646 g/mol. The Morgan fingerprint density at radius 2 is 1.12 bits per heavy atom. The van der Waals surface area contributed by atoms with Crippen molar-refractivity contribution in [1.82, 2.24) is 0 Å². The lowest BCUT2D eigenvalue weighted by Crippen LogP contribution is -2.31. The number of unbranched alkanes of at least 4 members (excludes halogenated alkanes) is 5. The molecular weight excluding hydrogens is 591 g/mol. The van der Waals surface area contributed by atoms with E-state index in [1.807, 2.05) is 0 Å². The number of allylic oxidation sites excluding steroid dienone is 6. The van der Waals surface area contributed by atoms with Gasteiger partial charge in [-0.25, -0.2) is 0 Å². The maximum Gasteiger partial charge on any atom is 0.306 e. The molecule has 248 valence electrons. The van der Waals surface area contributed by atoms with Crippen LogP contribution in [0.2, 0.25) is 0 Å².